The molecule has 13 heavy (non-hydrogen) atoms. The fourth-order valence-electron chi connectivity index (χ4n) is 0.225. The van der Waals surface area contributed by atoms with Gasteiger partial charge in [-0.2, -0.15) is 13.2 Å². The second kappa shape index (κ2) is 3.89. The molecule has 0 heterocycles. The highest BCUT2D eigenvalue weighted by Crippen LogP contribution is 2.21. The lowest BCUT2D eigenvalue weighted by Crippen LogP contribution is -2.38. The van der Waals surface area contributed by atoms with Crippen LogP contribution in [-0.4, -0.2) is 26.4 Å². The van der Waals surface area contributed by atoms with Gasteiger partial charge in [-0.3, -0.25) is 9.63 Å². The summed E-state index contributed by atoms with van der Waals surface area (Å²) in [4.78, 5) is 14.2. The molecule has 0 unspecified atom stereocenters. The Bertz CT molecular complexity index is 283. The first-order valence-electron chi connectivity index (χ1n) is 2.65. The third-order valence-corrected chi connectivity index (χ3v) is 1.63. The molecule has 0 spiro atoms. The van der Waals surface area contributed by atoms with Crippen molar-refractivity contribution in [2.75, 3.05) is 6.61 Å². The van der Waals surface area contributed by atoms with Crippen molar-refractivity contribution < 1.29 is 31.2 Å². The van der Waals surface area contributed by atoms with Crippen LogP contribution in [0.3, 0.4) is 0 Å². The van der Waals surface area contributed by atoms with Crippen molar-refractivity contribution in [2.24, 2.45) is 5.73 Å². The number of carbonyl (C=O) groups is 1. The summed E-state index contributed by atoms with van der Waals surface area (Å²) in [5, 5.41) is 0. The average molecular weight is 222 g/mol. The summed E-state index contributed by atoms with van der Waals surface area (Å²) in [5.41, 5.74) is -1.03. The van der Waals surface area contributed by atoms with Crippen molar-refractivity contribution in [3.63, 3.8) is 0 Å². The van der Waals surface area contributed by atoms with Crippen LogP contribution >= 0.6 is 0 Å². The second-order valence-corrected chi connectivity index (χ2v) is 3.42. The highest BCUT2D eigenvalue weighted by Gasteiger charge is 2.46. The molecule has 10 heteroatoms. The Kier molecular flexibility index (Phi) is 3.63. The van der Waals surface area contributed by atoms with E-state index in [1.165, 1.54) is 0 Å². The Hall–Kier alpha value is -0.870. The Morgan fingerprint density at radius 1 is 1.46 bits per heavy atom. The number of hydrogen-bond donors (Lipinski definition) is 2. The maximum Gasteiger partial charge on any atom is 0.513 e. The van der Waals surface area contributed by atoms with E-state index in [1.807, 2.05) is 0 Å². The van der Waals surface area contributed by atoms with Gasteiger partial charge in [-0.05, 0) is 0 Å². The van der Waals surface area contributed by atoms with Gasteiger partial charge < -0.3 is 5.73 Å². The highest BCUT2D eigenvalue weighted by atomic mass is 32.2. The van der Waals surface area contributed by atoms with Crippen molar-refractivity contribution in [3.05, 3.63) is 0 Å². The Morgan fingerprint density at radius 3 is 2.23 bits per heavy atom. The predicted molar refractivity (Wildman–Crippen MR) is 33.3 cm³/mol. The number of amides is 1. The minimum absolute atomic E-state index is 0.677. The normalized spacial score (nSPS) is 12.8. The third-order valence-electron chi connectivity index (χ3n) is 0.688. The van der Waals surface area contributed by atoms with E-state index in [2.05, 4.69) is 10.6 Å². The molecule has 0 aromatic carbocycles. The number of halogens is 3. The van der Waals surface area contributed by atoms with Crippen LogP contribution in [0.5, 0.6) is 0 Å². The summed E-state index contributed by atoms with van der Waals surface area (Å²) in [6.07, 6.45) is 0. The van der Waals surface area contributed by atoms with E-state index >= 15 is 0 Å². The van der Waals surface area contributed by atoms with Crippen LogP contribution in [0.4, 0.5) is 13.2 Å². The van der Waals surface area contributed by atoms with Gasteiger partial charge in [-0.25, -0.2) is 8.42 Å². The molecule has 0 aliphatic carbocycles. The molecule has 0 bridgehead atoms. The number of nitrogens with one attached hydrogen (secondary N) is 1. The lowest BCUT2D eigenvalue weighted by Gasteiger charge is -2.07. The number of alkyl halides is 3. The molecule has 0 saturated heterocycles. The molecule has 0 radical (unpaired) electrons. The first-order chi connectivity index (χ1) is 5.67. The van der Waals surface area contributed by atoms with E-state index in [-0.39, 0.29) is 0 Å². The van der Waals surface area contributed by atoms with Crippen molar-refractivity contribution in [1.29, 1.82) is 0 Å². The lowest BCUT2D eigenvalue weighted by atomic mass is 10.7. The van der Waals surface area contributed by atoms with Crippen LogP contribution in [0.2, 0.25) is 0 Å². The van der Waals surface area contributed by atoms with Crippen molar-refractivity contribution in [3.8, 4) is 0 Å². The zero-order chi connectivity index (χ0) is 10.7. The molecule has 0 atom stereocenters. The Morgan fingerprint density at radius 2 is 1.92 bits per heavy atom. The SMILES string of the molecule is NC(=O)CONS(=O)(=O)C(F)(F)F. The fourth-order valence-corrected chi connectivity index (χ4v) is 0.534. The van der Waals surface area contributed by atoms with Gasteiger partial charge in [0.15, 0.2) is 0 Å². The largest absolute Gasteiger partial charge is 0.513 e. The molecule has 0 fully saturated rings. The van der Waals surface area contributed by atoms with Crippen LogP contribution in [0.1, 0.15) is 0 Å². The van der Waals surface area contributed by atoms with Crippen LogP contribution < -0.4 is 10.6 Å². The Labute approximate surface area is 70.8 Å². The summed E-state index contributed by atoms with van der Waals surface area (Å²) in [5.74, 6) is -1.11. The maximum absolute atomic E-state index is 11.5. The molecule has 0 aliphatic heterocycles. The average Bonchev–Trinajstić information content (AvgIpc) is 1.82. The van der Waals surface area contributed by atoms with E-state index in [4.69, 9.17) is 0 Å². The molecule has 78 valence electrons. The smallest absolute Gasteiger partial charge is 0.368 e. The van der Waals surface area contributed by atoms with Gasteiger partial charge in [0, 0.05) is 0 Å². The first-order valence-corrected chi connectivity index (χ1v) is 4.13. The van der Waals surface area contributed by atoms with Gasteiger partial charge in [-0.15, -0.1) is 0 Å². The molecule has 0 aromatic rings. The molecule has 0 saturated carbocycles. The zero-order valence-corrected chi connectivity index (χ0v) is 6.78. The minimum atomic E-state index is -5.57. The van der Waals surface area contributed by atoms with E-state index in [0.717, 1.165) is 0 Å². The summed E-state index contributed by atoms with van der Waals surface area (Å²) in [6, 6.07) is 0. The fraction of sp³-hybridized carbons (Fsp3) is 0.667. The van der Waals surface area contributed by atoms with E-state index < -0.39 is 28.0 Å². The van der Waals surface area contributed by atoms with Crippen LogP contribution in [0.25, 0.3) is 0 Å². The molecule has 3 N–H and O–H groups in total. The number of primary amides is 1. The van der Waals surface area contributed by atoms with Crippen LogP contribution in [0, 0.1) is 0 Å². The topological polar surface area (TPSA) is 98.5 Å². The summed E-state index contributed by atoms with van der Waals surface area (Å²) < 4.78 is 54.8. The quantitative estimate of drug-likeness (QED) is 0.586. The monoisotopic (exact) mass is 222 g/mol. The zero-order valence-electron chi connectivity index (χ0n) is 5.96. The molecular weight excluding hydrogens is 217 g/mol. The summed E-state index contributed by atoms with van der Waals surface area (Å²) in [6.45, 7) is -0.977. The van der Waals surface area contributed by atoms with E-state index in [1.54, 1.807) is 0 Å². The van der Waals surface area contributed by atoms with Gasteiger partial charge in [0.05, 0.1) is 0 Å². The number of carbonyl (C=O) groups excluding carboxylic acids is 1. The molecule has 6 nitrogen and oxygen atoms in total. The number of nitrogens with two attached hydrogens (primary N) is 1. The predicted octanol–water partition coefficient (Wildman–Crippen LogP) is -1.16. The first kappa shape index (κ1) is 12.1. The number of hydrogen-bond acceptors (Lipinski definition) is 4. The highest BCUT2D eigenvalue weighted by molar-refractivity contribution is 7.90. The molecule has 0 aliphatic rings. The van der Waals surface area contributed by atoms with Crippen molar-refractivity contribution in [2.45, 2.75) is 5.51 Å². The van der Waals surface area contributed by atoms with Crippen LogP contribution in [0.15, 0.2) is 0 Å². The van der Waals surface area contributed by atoms with Crippen LogP contribution in [-0.2, 0) is 19.7 Å². The molecule has 0 rings (SSSR count). The number of rotatable bonds is 4. The lowest BCUT2D eigenvalue weighted by molar-refractivity contribution is -0.124. The maximum atomic E-state index is 11.5. The summed E-state index contributed by atoms with van der Waals surface area (Å²) >= 11 is 0. The van der Waals surface area contributed by atoms with E-state index in [0.29, 0.717) is 4.89 Å². The van der Waals surface area contributed by atoms with Gasteiger partial charge in [0.2, 0.25) is 5.91 Å². The third kappa shape index (κ3) is 4.05. The van der Waals surface area contributed by atoms with Crippen molar-refractivity contribution in [1.82, 2.24) is 4.89 Å². The van der Waals surface area contributed by atoms with Gasteiger partial charge >= 0.3 is 15.5 Å². The van der Waals surface area contributed by atoms with Gasteiger partial charge in [0.1, 0.15) is 6.61 Å². The van der Waals surface area contributed by atoms with Gasteiger partial charge in [-0.1, -0.05) is 4.89 Å². The molecule has 0 aromatic heterocycles. The molecular formula is C3H5F3N2O4S. The Balaban J connectivity index is 4.15. The van der Waals surface area contributed by atoms with Gasteiger partial charge in [0.25, 0.3) is 0 Å². The summed E-state index contributed by atoms with van der Waals surface area (Å²) in [7, 11) is -5.57. The van der Waals surface area contributed by atoms with Crippen molar-refractivity contribution >= 4 is 15.9 Å². The molecule has 1 amide bonds. The number of sulfonamides is 1. The second-order valence-electron chi connectivity index (χ2n) is 1.79. The minimum Gasteiger partial charge on any atom is -0.368 e. The standard InChI is InChI=1S/C3H5F3N2O4S/c4-3(5,6)13(10,11)8-12-1-2(7)9/h8H,1H2,(H2,7,9). The van der Waals surface area contributed by atoms with E-state index in [9.17, 15) is 26.4 Å².